The number of aliphatic hydroxyl groups is 1. The first kappa shape index (κ1) is 19.3. The zero-order chi connectivity index (χ0) is 20.1. The van der Waals surface area contributed by atoms with Gasteiger partial charge in [0.05, 0.1) is 18.3 Å². The van der Waals surface area contributed by atoms with Crippen molar-refractivity contribution in [3.05, 3.63) is 22.8 Å². The van der Waals surface area contributed by atoms with Crippen LogP contribution in [0.25, 0.3) is 0 Å². The maximum atomic E-state index is 11.7. The van der Waals surface area contributed by atoms with Crippen molar-refractivity contribution in [1.82, 2.24) is 0 Å². The van der Waals surface area contributed by atoms with E-state index in [0.29, 0.717) is 17.3 Å². The van der Waals surface area contributed by atoms with Gasteiger partial charge in [-0.2, -0.15) is 0 Å². The normalized spacial score (nSPS) is 52.9. The second kappa shape index (κ2) is 5.94. The number of ether oxygens (including phenoxy) is 3. The summed E-state index contributed by atoms with van der Waals surface area (Å²) in [5.74, 6) is -0.290. The molecule has 0 spiro atoms. The summed E-state index contributed by atoms with van der Waals surface area (Å²) in [5.41, 5.74) is 4.29. The minimum absolute atomic E-state index is 0.0623. The van der Waals surface area contributed by atoms with Crippen LogP contribution in [0.3, 0.4) is 0 Å². The van der Waals surface area contributed by atoms with Crippen LogP contribution in [0.5, 0.6) is 0 Å². The van der Waals surface area contributed by atoms with E-state index in [2.05, 4.69) is 27.7 Å². The Hall–Kier alpha value is -0.680. The van der Waals surface area contributed by atoms with E-state index in [4.69, 9.17) is 14.2 Å². The van der Waals surface area contributed by atoms with Gasteiger partial charge in [0.1, 0.15) is 0 Å². The smallest absolute Gasteiger partial charge is 0.192 e. The van der Waals surface area contributed by atoms with Crippen LogP contribution in [-0.2, 0) is 14.2 Å². The Morgan fingerprint density at radius 1 is 1.07 bits per heavy atom. The van der Waals surface area contributed by atoms with Crippen molar-refractivity contribution in [3.8, 4) is 0 Å². The lowest BCUT2D eigenvalue weighted by atomic mass is 9.52. The molecule has 1 saturated carbocycles. The van der Waals surface area contributed by atoms with Crippen molar-refractivity contribution in [3.63, 3.8) is 0 Å². The maximum absolute atomic E-state index is 11.7. The number of hydrogen-bond donors (Lipinski definition) is 1. The molecule has 4 heteroatoms. The average molecular weight is 389 g/mol. The van der Waals surface area contributed by atoms with Crippen LogP contribution in [0.15, 0.2) is 22.8 Å². The minimum Gasteiger partial charge on any atom is -0.362 e. The molecule has 0 aromatic carbocycles. The molecule has 0 aromatic rings. The monoisotopic (exact) mass is 388 g/mol. The third kappa shape index (κ3) is 2.38. The predicted octanol–water partition coefficient (Wildman–Crippen LogP) is 4.72. The van der Waals surface area contributed by atoms with E-state index in [-0.39, 0.29) is 30.0 Å². The molecule has 28 heavy (non-hydrogen) atoms. The first-order valence-corrected chi connectivity index (χ1v) is 11.3. The molecule has 7 unspecified atom stereocenters. The summed E-state index contributed by atoms with van der Waals surface area (Å²) in [7, 11) is 0. The fourth-order valence-corrected chi connectivity index (χ4v) is 6.76. The molecule has 0 aromatic heterocycles. The van der Waals surface area contributed by atoms with Gasteiger partial charge in [-0.3, -0.25) is 0 Å². The highest BCUT2D eigenvalue weighted by molar-refractivity contribution is 5.40. The topological polar surface area (TPSA) is 47.9 Å². The van der Waals surface area contributed by atoms with Crippen molar-refractivity contribution in [2.45, 2.75) is 104 Å². The Bertz CT molecular complexity index is 744. The molecular formula is C24H36O4. The van der Waals surface area contributed by atoms with Crippen molar-refractivity contribution in [2.24, 2.45) is 22.7 Å². The summed E-state index contributed by atoms with van der Waals surface area (Å²) in [4.78, 5) is 0. The summed E-state index contributed by atoms with van der Waals surface area (Å²) in [5, 5.41) is 11.7. The van der Waals surface area contributed by atoms with Gasteiger partial charge >= 0.3 is 0 Å². The van der Waals surface area contributed by atoms with E-state index >= 15 is 0 Å². The van der Waals surface area contributed by atoms with Crippen LogP contribution in [0.2, 0.25) is 0 Å². The highest BCUT2D eigenvalue weighted by Gasteiger charge is 2.66. The Labute approximate surface area is 169 Å². The fraction of sp³-hybridized carbons (Fsp3) is 0.833. The van der Waals surface area contributed by atoms with E-state index in [9.17, 15) is 5.11 Å². The second-order valence-electron chi connectivity index (χ2n) is 10.8. The molecule has 2 aliphatic carbocycles. The molecule has 4 nitrogen and oxygen atoms in total. The SMILES string of the molecule is CC(C)C1=C2C3CC4OC(O)(C=C4C4OC(C)C(C)O4)C3(C)CCC2(C)CC1. The van der Waals surface area contributed by atoms with Gasteiger partial charge in [0, 0.05) is 11.0 Å². The average Bonchev–Trinajstić information content (AvgIpc) is 3.24. The first-order chi connectivity index (χ1) is 13.1. The van der Waals surface area contributed by atoms with Crippen LogP contribution in [0, 0.1) is 22.7 Å². The van der Waals surface area contributed by atoms with Crippen LogP contribution in [0.1, 0.15) is 73.6 Å². The molecular weight excluding hydrogens is 352 g/mol. The lowest BCUT2D eigenvalue weighted by Crippen LogP contribution is -2.58. The molecule has 5 rings (SSSR count). The Morgan fingerprint density at radius 3 is 2.39 bits per heavy atom. The van der Waals surface area contributed by atoms with Crippen molar-refractivity contribution in [1.29, 1.82) is 0 Å². The zero-order valence-corrected chi connectivity index (χ0v) is 18.2. The highest BCUT2D eigenvalue weighted by atomic mass is 16.7. The first-order valence-electron chi connectivity index (χ1n) is 11.3. The summed E-state index contributed by atoms with van der Waals surface area (Å²) in [6, 6.07) is 0. The Kier molecular flexibility index (Phi) is 4.09. The molecule has 1 N–H and O–H groups in total. The molecule has 5 aliphatic rings. The Balaban J connectivity index is 1.55. The molecule has 156 valence electrons. The van der Waals surface area contributed by atoms with Gasteiger partial charge in [-0.25, -0.2) is 0 Å². The van der Waals surface area contributed by atoms with Gasteiger partial charge in [-0.1, -0.05) is 38.8 Å². The van der Waals surface area contributed by atoms with Gasteiger partial charge in [-0.15, -0.1) is 0 Å². The largest absolute Gasteiger partial charge is 0.362 e. The quantitative estimate of drug-likeness (QED) is 0.695. The number of allylic oxidation sites excluding steroid dienone is 2. The molecule has 3 aliphatic heterocycles. The van der Waals surface area contributed by atoms with Crippen molar-refractivity contribution >= 4 is 0 Å². The maximum Gasteiger partial charge on any atom is 0.192 e. The lowest BCUT2D eigenvalue weighted by molar-refractivity contribution is -0.289. The number of hydrogen-bond acceptors (Lipinski definition) is 4. The van der Waals surface area contributed by atoms with Gasteiger partial charge < -0.3 is 19.3 Å². The molecule has 0 radical (unpaired) electrons. The molecule has 2 bridgehead atoms. The third-order valence-corrected chi connectivity index (χ3v) is 8.89. The van der Waals surface area contributed by atoms with Gasteiger partial charge in [0.2, 0.25) is 0 Å². The van der Waals surface area contributed by atoms with Crippen LogP contribution in [0.4, 0.5) is 0 Å². The Morgan fingerprint density at radius 2 is 1.75 bits per heavy atom. The van der Waals surface area contributed by atoms with Gasteiger partial charge in [-0.05, 0) is 69.3 Å². The van der Waals surface area contributed by atoms with Crippen LogP contribution >= 0.6 is 0 Å². The van der Waals surface area contributed by atoms with Gasteiger partial charge in [0.25, 0.3) is 0 Å². The summed E-state index contributed by atoms with van der Waals surface area (Å²) < 4.78 is 18.4. The minimum atomic E-state index is -1.23. The third-order valence-electron chi connectivity index (χ3n) is 8.89. The molecule has 2 saturated heterocycles. The zero-order valence-electron chi connectivity index (χ0n) is 18.2. The molecule has 0 amide bonds. The fourth-order valence-electron chi connectivity index (χ4n) is 6.76. The van der Waals surface area contributed by atoms with E-state index in [1.165, 1.54) is 12.8 Å². The molecule has 3 fully saturated rings. The molecule has 7 atom stereocenters. The predicted molar refractivity (Wildman–Crippen MR) is 107 cm³/mol. The second-order valence-corrected chi connectivity index (χ2v) is 10.8. The van der Waals surface area contributed by atoms with Crippen LogP contribution < -0.4 is 0 Å². The molecule has 3 heterocycles. The lowest BCUT2D eigenvalue weighted by Gasteiger charge is -2.57. The number of rotatable bonds is 2. The number of fused-ring (bicyclic) bond motifs is 6. The van der Waals surface area contributed by atoms with E-state index in [1.54, 1.807) is 11.1 Å². The van der Waals surface area contributed by atoms with Crippen molar-refractivity contribution in [2.75, 3.05) is 0 Å². The summed E-state index contributed by atoms with van der Waals surface area (Å²) >= 11 is 0. The van der Waals surface area contributed by atoms with Gasteiger partial charge in [0.15, 0.2) is 12.1 Å². The van der Waals surface area contributed by atoms with E-state index in [0.717, 1.165) is 24.8 Å². The summed E-state index contributed by atoms with van der Waals surface area (Å²) in [6.07, 6.45) is 7.11. The van der Waals surface area contributed by atoms with E-state index < -0.39 is 5.79 Å². The van der Waals surface area contributed by atoms with Crippen molar-refractivity contribution < 1.29 is 19.3 Å². The highest BCUT2D eigenvalue weighted by Crippen LogP contribution is 2.68. The standard InChI is InChI=1S/C24H36O4/c1-13(2)16-7-8-22(5)9-10-23(6)18(20(16)22)11-19-17(12-24(23,25)28-19)21-26-14(3)15(4)27-21/h12-15,18-19,21,25H,7-11H2,1-6H3. The van der Waals surface area contributed by atoms with E-state index in [1.807, 2.05) is 19.9 Å². The van der Waals surface area contributed by atoms with Crippen LogP contribution in [-0.4, -0.2) is 35.5 Å². The summed E-state index contributed by atoms with van der Waals surface area (Å²) in [6.45, 7) is 13.5.